The number of nitrogens with zero attached hydrogens (tertiary/aromatic N) is 1. The van der Waals surface area contributed by atoms with Crippen LogP contribution >= 0.6 is 0 Å². The molecule has 3 N–H and O–H groups in total. The first-order chi connectivity index (χ1) is 6.02. The van der Waals surface area contributed by atoms with E-state index in [0.717, 1.165) is 0 Å². The molecule has 0 radical (unpaired) electrons. The van der Waals surface area contributed by atoms with Crippen molar-refractivity contribution in [2.24, 2.45) is 0 Å². The standard InChI is InChI=1S/C9H12N2O2/c1-11(2)8-5-6(10)3-4-7(8)9(12)13/h3-5H,10H2,1-2H3,(H,12,13). The fourth-order valence-corrected chi connectivity index (χ4v) is 1.10. The van der Waals surface area contributed by atoms with Gasteiger partial charge in [-0.15, -0.1) is 0 Å². The molecular weight excluding hydrogens is 168 g/mol. The normalized spacial score (nSPS) is 9.69. The number of carboxylic acids is 1. The van der Waals surface area contributed by atoms with E-state index in [4.69, 9.17) is 10.8 Å². The Balaban J connectivity index is 3.26. The monoisotopic (exact) mass is 180 g/mol. The van der Waals surface area contributed by atoms with Crippen LogP contribution in [0, 0.1) is 0 Å². The summed E-state index contributed by atoms with van der Waals surface area (Å²) in [6, 6.07) is 4.73. The van der Waals surface area contributed by atoms with Crippen molar-refractivity contribution in [3.8, 4) is 0 Å². The largest absolute Gasteiger partial charge is 0.478 e. The van der Waals surface area contributed by atoms with Crippen LogP contribution in [0.3, 0.4) is 0 Å². The lowest BCUT2D eigenvalue weighted by molar-refractivity contribution is 0.0697. The maximum absolute atomic E-state index is 10.8. The Labute approximate surface area is 76.6 Å². The number of hydrogen-bond acceptors (Lipinski definition) is 3. The second kappa shape index (κ2) is 3.35. The first-order valence-corrected chi connectivity index (χ1v) is 3.82. The lowest BCUT2D eigenvalue weighted by atomic mass is 10.1. The number of carboxylic acid groups (broad SMARTS) is 1. The summed E-state index contributed by atoms with van der Waals surface area (Å²) in [7, 11) is 3.56. The number of carbonyl (C=O) groups is 1. The van der Waals surface area contributed by atoms with E-state index in [1.807, 2.05) is 0 Å². The van der Waals surface area contributed by atoms with Crippen molar-refractivity contribution in [3.63, 3.8) is 0 Å². The first-order valence-electron chi connectivity index (χ1n) is 3.82. The lowest BCUT2D eigenvalue weighted by Gasteiger charge is -2.15. The van der Waals surface area contributed by atoms with Gasteiger partial charge in [-0.2, -0.15) is 0 Å². The Hall–Kier alpha value is -1.71. The minimum absolute atomic E-state index is 0.263. The molecule has 1 aromatic carbocycles. The van der Waals surface area contributed by atoms with Crippen molar-refractivity contribution < 1.29 is 9.90 Å². The van der Waals surface area contributed by atoms with Gasteiger partial charge in [0.15, 0.2) is 0 Å². The third kappa shape index (κ3) is 1.90. The highest BCUT2D eigenvalue weighted by Crippen LogP contribution is 2.21. The van der Waals surface area contributed by atoms with Crippen LogP contribution in [-0.4, -0.2) is 25.2 Å². The van der Waals surface area contributed by atoms with Crippen molar-refractivity contribution >= 4 is 17.3 Å². The molecule has 13 heavy (non-hydrogen) atoms. The molecule has 0 aliphatic rings. The predicted molar refractivity (Wildman–Crippen MR) is 52.1 cm³/mol. The van der Waals surface area contributed by atoms with Crippen molar-refractivity contribution in [1.29, 1.82) is 0 Å². The minimum Gasteiger partial charge on any atom is -0.478 e. The van der Waals surface area contributed by atoms with E-state index in [9.17, 15) is 4.79 Å². The van der Waals surface area contributed by atoms with E-state index in [1.54, 1.807) is 31.1 Å². The van der Waals surface area contributed by atoms with Gasteiger partial charge in [0.25, 0.3) is 0 Å². The van der Waals surface area contributed by atoms with Crippen molar-refractivity contribution in [1.82, 2.24) is 0 Å². The average Bonchev–Trinajstić information content (AvgIpc) is 2.03. The summed E-state index contributed by atoms with van der Waals surface area (Å²) >= 11 is 0. The summed E-state index contributed by atoms with van der Waals surface area (Å²) < 4.78 is 0. The number of rotatable bonds is 2. The van der Waals surface area contributed by atoms with Crippen LogP contribution in [0.1, 0.15) is 10.4 Å². The molecule has 0 heterocycles. The molecule has 70 valence electrons. The van der Waals surface area contributed by atoms with Crippen molar-refractivity contribution in [3.05, 3.63) is 23.8 Å². The Morgan fingerprint density at radius 3 is 2.54 bits per heavy atom. The molecule has 0 saturated carbocycles. The van der Waals surface area contributed by atoms with Crippen LogP contribution in [0.25, 0.3) is 0 Å². The smallest absolute Gasteiger partial charge is 0.337 e. The van der Waals surface area contributed by atoms with Gasteiger partial charge in [0, 0.05) is 19.8 Å². The van der Waals surface area contributed by atoms with Crippen LogP contribution in [-0.2, 0) is 0 Å². The molecule has 0 aliphatic heterocycles. The molecule has 1 aromatic rings. The topological polar surface area (TPSA) is 66.6 Å². The number of nitrogens with two attached hydrogens (primary N) is 1. The summed E-state index contributed by atoms with van der Waals surface area (Å²) in [6.45, 7) is 0. The van der Waals surface area contributed by atoms with Gasteiger partial charge in [-0.05, 0) is 18.2 Å². The average molecular weight is 180 g/mol. The number of nitrogen functional groups attached to an aromatic ring is 1. The second-order valence-corrected chi connectivity index (χ2v) is 2.98. The van der Waals surface area contributed by atoms with Crippen LogP contribution < -0.4 is 10.6 Å². The van der Waals surface area contributed by atoms with Gasteiger partial charge in [-0.25, -0.2) is 4.79 Å². The molecule has 0 amide bonds. The predicted octanol–water partition coefficient (Wildman–Crippen LogP) is 1.03. The molecule has 0 atom stereocenters. The second-order valence-electron chi connectivity index (χ2n) is 2.98. The van der Waals surface area contributed by atoms with Crippen LogP contribution in [0.15, 0.2) is 18.2 Å². The fourth-order valence-electron chi connectivity index (χ4n) is 1.10. The molecule has 4 heteroatoms. The molecule has 4 nitrogen and oxygen atoms in total. The molecule has 0 fully saturated rings. The molecule has 0 unspecified atom stereocenters. The van der Waals surface area contributed by atoms with E-state index < -0.39 is 5.97 Å². The fraction of sp³-hybridized carbons (Fsp3) is 0.222. The van der Waals surface area contributed by atoms with Crippen molar-refractivity contribution in [2.75, 3.05) is 24.7 Å². The maximum atomic E-state index is 10.8. The van der Waals surface area contributed by atoms with Gasteiger partial charge in [0.05, 0.1) is 11.3 Å². The van der Waals surface area contributed by atoms with Gasteiger partial charge in [0.2, 0.25) is 0 Å². The highest BCUT2D eigenvalue weighted by molar-refractivity contribution is 5.95. The zero-order chi connectivity index (χ0) is 10.0. The van der Waals surface area contributed by atoms with Gasteiger partial charge < -0.3 is 15.7 Å². The Kier molecular flexibility index (Phi) is 2.41. The van der Waals surface area contributed by atoms with E-state index >= 15 is 0 Å². The number of aromatic carboxylic acids is 1. The third-order valence-corrected chi connectivity index (χ3v) is 1.73. The quantitative estimate of drug-likeness (QED) is 0.667. The summed E-state index contributed by atoms with van der Waals surface area (Å²) in [5, 5.41) is 8.84. The molecular formula is C9H12N2O2. The van der Waals surface area contributed by atoms with E-state index in [2.05, 4.69) is 0 Å². The molecule has 0 aliphatic carbocycles. The molecule has 0 saturated heterocycles. The Bertz CT molecular complexity index is 334. The first kappa shape index (κ1) is 9.38. The van der Waals surface area contributed by atoms with E-state index in [1.165, 1.54) is 6.07 Å². The summed E-state index contributed by atoms with van der Waals surface area (Å²) in [5.41, 5.74) is 6.99. The maximum Gasteiger partial charge on any atom is 0.337 e. The highest BCUT2D eigenvalue weighted by atomic mass is 16.4. The summed E-state index contributed by atoms with van der Waals surface area (Å²) in [5.74, 6) is -0.941. The van der Waals surface area contributed by atoms with Gasteiger partial charge in [-0.3, -0.25) is 0 Å². The number of anilines is 2. The zero-order valence-electron chi connectivity index (χ0n) is 7.61. The van der Waals surface area contributed by atoms with E-state index in [0.29, 0.717) is 11.4 Å². The summed E-state index contributed by atoms with van der Waals surface area (Å²) in [4.78, 5) is 12.5. The molecule has 0 bridgehead atoms. The zero-order valence-corrected chi connectivity index (χ0v) is 7.61. The van der Waals surface area contributed by atoms with E-state index in [-0.39, 0.29) is 5.56 Å². The minimum atomic E-state index is -0.941. The van der Waals surface area contributed by atoms with Crippen LogP contribution in [0.4, 0.5) is 11.4 Å². The van der Waals surface area contributed by atoms with Crippen LogP contribution in [0.5, 0.6) is 0 Å². The Morgan fingerprint density at radius 1 is 1.46 bits per heavy atom. The molecule has 0 aromatic heterocycles. The van der Waals surface area contributed by atoms with Crippen molar-refractivity contribution in [2.45, 2.75) is 0 Å². The Morgan fingerprint density at radius 2 is 2.08 bits per heavy atom. The highest BCUT2D eigenvalue weighted by Gasteiger charge is 2.10. The molecule has 0 spiro atoms. The van der Waals surface area contributed by atoms with Gasteiger partial charge >= 0.3 is 5.97 Å². The van der Waals surface area contributed by atoms with Crippen LogP contribution in [0.2, 0.25) is 0 Å². The molecule has 1 rings (SSSR count). The SMILES string of the molecule is CN(C)c1cc(N)ccc1C(=O)O. The summed E-state index contributed by atoms with van der Waals surface area (Å²) in [6.07, 6.45) is 0. The lowest BCUT2D eigenvalue weighted by Crippen LogP contribution is -2.14. The third-order valence-electron chi connectivity index (χ3n) is 1.73. The number of benzene rings is 1. The number of hydrogen-bond donors (Lipinski definition) is 2. The van der Waals surface area contributed by atoms with Gasteiger partial charge in [-0.1, -0.05) is 0 Å². The van der Waals surface area contributed by atoms with Gasteiger partial charge in [0.1, 0.15) is 0 Å².